The van der Waals surface area contributed by atoms with Gasteiger partial charge in [-0.2, -0.15) is 0 Å². The van der Waals surface area contributed by atoms with Crippen molar-refractivity contribution in [2.45, 2.75) is 27.7 Å². The van der Waals surface area contributed by atoms with Crippen LogP contribution in [0.1, 0.15) is 27.7 Å². The molecule has 0 spiro atoms. The maximum absolute atomic E-state index is 10.3. The SMILES string of the molecule is CC(C)=C/C=C/C(C)=C(\C)C=O. The quantitative estimate of drug-likeness (QED) is 0.356. The van der Waals surface area contributed by atoms with Crippen LogP contribution in [-0.4, -0.2) is 6.29 Å². The van der Waals surface area contributed by atoms with Gasteiger partial charge in [-0.1, -0.05) is 23.8 Å². The van der Waals surface area contributed by atoms with Crippen molar-refractivity contribution in [3.8, 4) is 0 Å². The first kappa shape index (κ1) is 10.9. The number of rotatable bonds is 3. The summed E-state index contributed by atoms with van der Waals surface area (Å²) in [6.45, 7) is 7.82. The molecule has 0 atom stereocenters. The van der Waals surface area contributed by atoms with Gasteiger partial charge in [0.05, 0.1) is 0 Å². The van der Waals surface area contributed by atoms with Gasteiger partial charge >= 0.3 is 0 Å². The van der Waals surface area contributed by atoms with Crippen LogP contribution in [0.25, 0.3) is 0 Å². The summed E-state index contributed by atoms with van der Waals surface area (Å²) < 4.78 is 0. The predicted octanol–water partition coefficient (Wildman–Crippen LogP) is 3.04. The van der Waals surface area contributed by atoms with Crippen molar-refractivity contribution in [3.63, 3.8) is 0 Å². The fraction of sp³-hybridized carbons (Fsp3) is 0.364. The Labute approximate surface area is 74.5 Å². The average Bonchev–Trinajstić information content (AvgIpc) is 2.02. The van der Waals surface area contributed by atoms with E-state index in [9.17, 15) is 4.79 Å². The largest absolute Gasteiger partial charge is 0.298 e. The summed E-state index contributed by atoms with van der Waals surface area (Å²) in [5.41, 5.74) is 3.05. The maximum Gasteiger partial charge on any atom is 0.146 e. The second kappa shape index (κ2) is 5.53. The molecule has 0 aliphatic carbocycles. The van der Waals surface area contributed by atoms with Crippen LogP contribution >= 0.6 is 0 Å². The molecule has 0 rings (SSSR count). The number of carbonyl (C=O) groups excluding carboxylic acids is 1. The van der Waals surface area contributed by atoms with Crippen LogP contribution in [0, 0.1) is 0 Å². The highest BCUT2D eigenvalue weighted by molar-refractivity contribution is 5.74. The number of hydrogen-bond donors (Lipinski definition) is 0. The monoisotopic (exact) mass is 164 g/mol. The van der Waals surface area contributed by atoms with Gasteiger partial charge in [0.15, 0.2) is 0 Å². The molecule has 0 aromatic rings. The molecule has 12 heavy (non-hydrogen) atoms. The van der Waals surface area contributed by atoms with Crippen molar-refractivity contribution in [1.29, 1.82) is 0 Å². The molecule has 66 valence electrons. The molecule has 0 saturated heterocycles. The lowest BCUT2D eigenvalue weighted by Gasteiger charge is -1.92. The maximum atomic E-state index is 10.3. The van der Waals surface area contributed by atoms with E-state index in [2.05, 4.69) is 0 Å². The standard InChI is InChI=1S/C11H16O/c1-9(2)6-5-7-10(3)11(4)8-12/h5-8H,1-4H3/b7-5+,11-10+. The van der Waals surface area contributed by atoms with Gasteiger partial charge in [-0.3, -0.25) is 4.79 Å². The summed E-state index contributed by atoms with van der Waals surface area (Å²) in [6.07, 6.45) is 6.79. The number of hydrogen-bond acceptors (Lipinski definition) is 1. The van der Waals surface area contributed by atoms with Crippen LogP contribution in [-0.2, 0) is 4.79 Å². The van der Waals surface area contributed by atoms with Gasteiger partial charge in [-0.15, -0.1) is 0 Å². The Morgan fingerprint density at radius 3 is 2.00 bits per heavy atom. The lowest BCUT2D eigenvalue weighted by molar-refractivity contribution is -0.104. The van der Waals surface area contributed by atoms with E-state index in [1.807, 2.05) is 45.9 Å². The van der Waals surface area contributed by atoms with Crippen LogP contribution in [0.15, 0.2) is 34.9 Å². The van der Waals surface area contributed by atoms with Crippen molar-refractivity contribution in [2.75, 3.05) is 0 Å². The second-order valence-electron chi connectivity index (χ2n) is 3.09. The van der Waals surface area contributed by atoms with E-state index in [-0.39, 0.29) is 0 Å². The molecular weight excluding hydrogens is 148 g/mol. The minimum atomic E-state index is 0.786. The van der Waals surface area contributed by atoms with Gasteiger partial charge in [0, 0.05) is 0 Å². The summed E-state index contributed by atoms with van der Waals surface area (Å²) >= 11 is 0. The summed E-state index contributed by atoms with van der Waals surface area (Å²) in [5, 5.41) is 0. The molecule has 0 heterocycles. The topological polar surface area (TPSA) is 17.1 Å². The van der Waals surface area contributed by atoms with Crippen molar-refractivity contribution in [3.05, 3.63) is 34.9 Å². The Morgan fingerprint density at radius 2 is 1.58 bits per heavy atom. The van der Waals surface area contributed by atoms with Crippen LogP contribution in [0.4, 0.5) is 0 Å². The van der Waals surface area contributed by atoms with Crippen molar-refractivity contribution in [1.82, 2.24) is 0 Å². The zero-order valence-electron chi connectivity index (χ0n) is 8.22. The Kier molecular flexibility index (Phi) is 5.02. The molecule has 0 radical (unpaired) electrons. The first-order valence-corrected chi connectivity index (χ1v) is 4.02. The fourth-order valence-corrected chi connectivity index (χ4v) is 0.609. The highest BCUT2D eigenvalue weighted by Gasteiger charge is 1.88. The Bertz CT molecular complexity index is 238. The van der Waals surface area contributed by atoms with E-state index in [1.165, 1.54) is 5.57 Å². The normalized spacial score (nSPS) is 12.7. The molecule has 0 aromatic carbocycles. The van der Waals surface area contributed by atoms with E-state index in [0.29, 0.717) is 0 Å². The van der Waals surface area contributed by atoms with Gasteiger partial charge in [0.1, 0.15) is 6.29 Å². The van der Waals surface area contributed by atoms with E-state index < -0.39 is 0 Å². The summed E-state index contributed by atoms with van der Waals surface area (Å²) in [7, 11) is 0. The fourth-order valence-electron chi connectivity index (χ4n) is 0.609. The summed E-state index contributed by atoms with van der Waals surface area (Å²) in [6, 6.07) is 0. The van der Waals surface area contributed by atoms with Crippen LogP contribution in [0.2, 0.25) is 0 Å². The van der Waals surface area contributed by atoms with Gasteiger partial charge in [0.2, 0.25) is 0 Å². The van der Waals surface area contributed by atoms with E-state index in [1.54, 1.807) is 0 Å². The van der Waals surface area contributed by atoms with Gasteiger partial charge < -0.3 is 0 Å². The van der Waals surface area contributed by atoms with Gasteiger partial charge in [-0.05, 0) is 38.8 Å². The number of allylic oxidation sites excluding steroid dienone is 6. The van der Waals surface area contributed by atoms with Crippen LogP contribution in [0.3, 0.4) is 0 Å². The molecule has 0 aromatic heterocycles. The highest BCUT2D eigenvalue weighted by Crippen LogP contribution is 2.02. The molecule has 0 saturated carbocycles. The molecule has 0 unspecified atom stereocenters. The lowest BCUT2D eigenvalue weighted by Crippen LogP contribution is -1.80. The number of aldehydes is 1. The minimum Gasteiger partial charge on any atom is -0.298 e. The predicted molar refractivity (Wildman–Crippen MR) is 53.0 cm³/mol. The molecule has 1 heteroatoms. The van der Waals surface area contributed by atoms with Crippen molar-refractivity contribution < 1.29 is 4.79 Å². The zero-order chi connectivity index (χ0) is 9.56. The van der Waals surface area contributed by atoms with Crippen molar-refractivity contribution >= 4 is 6.29 Å². The smallest absolute Gasteiger partial charge is 0.146 e. The molecule has 0 bridgehead atoms. The lowest BCUT2D eigenvalue weighted by atomic mass is 10.1. The highest BCUT2D eigenvalue weighted by atomic mass is 16.1. The third-order valence-corrected chi connectivity index (χ3v) is 1.57. The Hall–Kier alpha value is -1.11. The average molecular weight is 164 g/mol. The molecule has 0 fully saturated rings. The summed E-state index contributed by atoms with van der Waals surface area (Å²) in [5.74, 6) is 0. The molecule has 1 nitrogen and oxygen atoms in total. The van der Waals surface area contributed by atoms with E-state index >= 15 is 0 Å². The zero-order valence-corrected chi connectivity index (χ0v) is 8.22. The molecule has 0 amide bonds. The van der Waals surface area contributed by atoms with Crippen molar-refractivity contribution in [2.24, 2.45) is 0 Å². The third kappa shape index (κ3) is 4.67. The van der Waals surface area contributed by atoms with E-state index in [0.717, 1.165) is 17.4 Å². The third-order valence-electron chi connectivity index (χ3n) is 1.57. The van der Waals surface area contributed by atoms with E-state index in [4.69, 9.17) is 0 Å². The second-order valence-corrected chi connectivity index (χ2v) is 3.09. The molecule has 0 N–H and O–H groups in total. The minimum absolute atomic E-state index is 0.786. The molecule has 0 aliphatic rings. The Balaban J connectivity index is 4.36. The summed E-state index contributed by atoms with van der Waals surface area (Å²) in [4.78, 5) is 10.3. The molecular formula is C11H16O. The van der Waals surface area contributed by atoms with Gasteiger partial charge in [0.25, 0.3) is 0 Å². The Morgan fingerprint density at radius 1 is 1.00 bits per heavy atom. The van der Waals surface area contributed by atoms with Crippen LogP contribution in [0.5, 0.6) is 0 Å². The first-order valence-electron chi connectivity index (χ1n) is 4.02. The van der Waals surface area contributed by atoms with Crippen LogP contribution < -0.4 is 0 Å². The molecule has 0 aliphatic heterocycles. The first-order chi connectivity index (χ1) is 5.57. The number of carbonyl (C=O) groups is 1. The van der Waals surface area contributed by atoms with Gasteiger partial charge in [-0.25, -0.2) is 0 Å².